The maximum Gasteiger partial charge on any atom is 0.268 e. The average molecular weight is 667 g/mol. The Morgan fingerprint density at radius 1 is 1.00 bits per heavy atom. The molecule has 11 heteroatoms. The third-order valence-corrected chi connectivity index (χ3v) is 13.1. The molecule has 4 aliphatic rings. The predicted octanol–water partition coefficient (Wildman–Crippen LogP) is 5.07. The number of benzene rings is 3. The van der Waals surface area contributed by atoms with Gasteiger partial charge in [0.1, 0.15) is 0 Å². The van der Waals surface area contributed by atoms with Gasteiger partial charge in [0, 0.05) is 42.1 Å². The third kappa shape index (κ3) is 5.29. The SMILES string of the molecule is C[C@@H]1[C@@H]([Si](C)(C)O)[C@H](CC(=O)N2CCC[C@H]2CO)O[C@@]12C(=O)N(c1ccccc1)c1ccc(N3N=C(c4ccccc4)CCC3=O)cc12. The van der Waals surface area contributed by atoms with Gasteiger partial charge in [-0.2, -0.15) is 5.10 Å². The van der Waals surface area contributed by atoms with E-state index in [1.165, 1.54) is 5.01 Å². The molecule has 0 aromatic heterocycles. The molecule has 2 saturated heterocycles. The second kappa shape index (κ2) is 12.4. The zero-order chi connectivity index (χ0) is 33.8. The van der Waals surface area contributed by atoms with Crippen molar-refractivity contribution < 1.29 is 29.0 Å². The Bertz CT molecular complexity index is 1760. The molecule has 5 atom stereocenters. The Hall–Kier alpha value is -4.16. The highest BCUT2D eigenvalue weighted by molar-refractivity contribution is 6.71. The van der Waals surface area contributed by atoms with Crippen molar-refractivity contribution >= 4 is 48.8 Å². The van der Waals surface area contributed by atoms with E-state index < -0.39 is 31.5 Å². The van der Waals surface area contributed by atoms with Crippen molar-refractivity contribution in [3.05, 3.63) is 90.0 Å². The van der Waals surface area contributed by atoms with Crippen molar-refractivity contribution in [2.45, 2.75) is 75.4 Å². The molecule has 0 bridgehead atoms. The van der Waals surface area contributed by atoms with Gasteiger partial charge in [-0.05, 0) is 61.8 Å². The second-order valence-electron chi connectivity index (χ2n) is 13.9. The van der Waals surface area contributed by atoms with Crippen LogP contribution in [-0.2, 0) is 24.7 Å². The summed E-state index contributed by atoms with van der Waals surface area (Å²) in [4.78, 5) is 57.1. The van der Waals surface area contributed by atoms with E-state index in [1.54, 1.807) is 9.80 Å². The number of fused-ring (bicyclic) bond motifs is 2. The summed E-state index contributed by atoms with van der Waals surface area (Å²) in [5.41, 5.74) is 2.17. The Morgan fingerprint density at radius 3 is 2.40 bits per heavy atom. The first kappa shape index (κ1) is 32.4. The lowest BCUT2D eigenvalue weighted by molar-refractivity contribution is -0.149. The molecule has 3 aromatic carbocycles. The number of ether oxygens (including phenoxy) is 1. The van der Waals surface area contributed by atoms with E-state index in [0.29, 0.717) is 42.0 Å². The zero-order valence-corrected chi connectivity index (χ0v) is 28.6. The van der Waals surface area contributed by atoms with E-state index in [9.17, 15) is 24.3 Å². The number of aliphatic hydroxyl groups is 1. The van der Waals surface area contributed by atoms with Crippen molar-refractivity contribution in [3.8, 4) is 0 Å². The van der Waals surface area contributed by atoms with E-state index in [1.807, 2.05) is 98.9 Å². The van der Waals surface area contributed by atoms with E-state index in [-0.39, 0.29) is 36.8 Å². The predicted molar refractivity (Wildman–Crippen MR) is 185 cm³/mol. The molecule has 0 saturated carbocycles. The highest BCUT2D eigenvalue weighted by Crippen LogP contribution is 2.61. The molecule has 250 valence electrons. The quantitative estimate of drug-likeness (QED) is 0.340. The van der Waals surface area contributed by atoms with Crippen LogP contribution in [0.1, 0.15) is 50.2 Å². The molecule has 3 aromatic rings. The fraction of sp³-hybridized carbons (Fsp3) is 0.405. The first-order valence-corrected chi connectivity index (χ1v) is 19.9. The summed E-state index contributed by atoms with van der Waals surface area (Å²) in [6.07, 6.45) is 1.64. The first-order valence-electron chi connectivity index (χ1n) is 16.8. The molecule has 3 amide bonds. The van der Waals surface area contributed by atoms with Gasteiger partial charge in [0.2, 0.25) is 11.8 Å². The fourth-order valence-electron chi connectivity index (χ4n) is 8.39. The maximum atomic E-state index is 14.9. The van der Waals surface area contributed by atoms with Gasteiger partial charge in [-0.15, -0.1) is 0 Å². The topological polar surface area (TPSA) is 123 Å². The minimum absolute atomic E-state index is 0.00672. The standard InChI is InChI=1S/C37H42N4O6Si/c1-24-35(48(2,3)46)32(22-34(44)39-20-10-15-28(39)23-42)47-37(24)29-21-27(16-18-31(29)40(36(37)45)26-13-8-5-9-14-26)41-33(43)19-17-30(38-41)25-11-6-4-7-12-25/h4-9,11-14,16,18,21,24,28,32,35,42,46H,10,15,17,19-20,22-23H2,1-3H3/t24-,28+,32+,35-,37+/m1/s1. The molecule has 10 nitrogen and oxygen atoms in total. The second-order valence-corrected chi connectivity index (χ2v) is 17.9. The Balaban J connectivity index is 1.34. The number of hydrazone groups is 1. The van der Waals surface area contributed by atoms with Crippen LogP contribution in [0.2, 0.25) is 18.6 Å². The van der Waals surface area contributed by atoms with Crippen LogP contribution in [0.25, 0.3) is 0 Å². The van der Waals surface area contributed by atoms with E-state index >= 15 is 0 Å². The van der Waals surface area contributed by atoms with Gasteiger partial charge >= 0.3 is 0 Å². The minimum Gasteiger partial charge on any atom is -0.432 e. The van der Waals surface area contributed by atoms with Crippen molar-refractivity contribution in [2.24, 2.45) is 11.0 Å². The van der Waals surface area contributed by atoms with Crippen LogP contribution in [0.5, 0.6) is 0 Å². The Morgan fingerprint density at radius 2 is 1.71 bits per heavy atom. The van der Waals surface area contributed by atoms with E-state index in [0.717, 1.165) is 24.1 Å². The Labute approximate surface area is 281 Å². The van der Waals surface area contributed by atoms with Crippen molar-refractivity contribution in [1.82, 2.24) is 4.90 Å². The number of amides is 3. The van der Waals surface area contributed by atoms with Gasteiger partial charge in [0.25, 0.3) is 5.91 Å². The molecule has 0 aliphatic carbocycles. The number of hydrogen-bond donors (Lipinski definition) is 2. The summed E-state index contributed by atoms with van der Waals surface area (Å²) >= 11 is 0. The fourth-order valence-corrected chi connectivity index (χ4v) is 10.9. The van der Waals surface area contributed by atoms with Crippen LogP contribution < -0.4 is 9.91 Å². The summed E-state index contributed by atoms with van der Waals surface area (Å²) < 4.78 is 6.94. The number of carbonyl (C=O) groups excluding carboxylic acids is 3. The number of nitrogens with zero attached hydrogens (tertiary/aromatic N) is 4. The maximum absolute atomic E-state index is 14.9. The van der Waals surface area contributed by atoms with Crippen LogP contribution >= 0.6 is 0 Å². The molecule has 0 unspecified atom stereocenters. The summed E-state index contributed by atoms with van der Waals surface area (Å²) in [5, 5.41) is 16.1. The number of aliphatic hydroxyl groups excluding tert-OH is 1. The number of hydrogen-bond acceptors (Lipinski definition) is 7. The van der Waals surface area contributed by atoms with Crippen molar-refractivity contribution in [1.29, 1.82) is 0 Å². The first-order chi connectivity index (χ1) is 23.0. The van der Waals surface area contributed by atoms with Crippen LogP contribution in [0.3, 0.4) is 0 Å². The molecular formula is C37H42N4O6Si. The monoisotopic (exact) mass is 666 g/mol. The van der Waals surface area contributed by atoms with Crippen molar-refractivity contribution in [3.63, 3.8) is 0 Å². The molecule has 0 radical (unpaired) electrons. The lowest BCUT2D eigenvalue weighted by Gasteiger charge is -2.33. The summed E-state index contributed by atoms with van der Waals surface area (Å²) in [6, 6.07) is 24.4. The van der Waals surface area contributed by atoms with Gasteiger partial charge in [0.05, 0.1) is 42.3 Å². The molecule has 7 rings (SSSR count). The third-order valence-electron chi connectivity index (χ3n) is 10.6. The largest absolute Gasteiger partial charge is 0.432 e. The molecule has 2 fully saturated rings. The average Bonchev–Trinajstić information content (AvgIpc) is 3.75. The smallest absolute Gasteiger partial charge is 0.268 e. The zero-order valence-electron chi connectivity index (χ0n) is 27.6. The number of carbonyl (C=O) groups is 3. The van der Waals surface area contributed by atoms with Gasteiger partial charge in [-0.1, -0.05) is 55.5 Å². The van der Waals surface area contributed by atoms with Crippen LogP contribution in [0, 0.1) is 5.92 Å². The molecule has 4 heterocycles. The van der Waals surface area contributed by atoms with E-state index in [2.05, 4.69) is 0 Å². The number of rotatable bonds is 7. The lowest BCUT2D eigenvalue weighted by atomic mass is 9.82. The minimum atomic E-state index is -3.03. The number of anilines is 3. The van der Waals surface area contributed by atoms with Crippen molar-refractivity contribution in [2.75, 3.05) is 23.1 Å². The highest BCUT2D eigenvalue weighted by atomic mass is 28.4. The molecular weight excluding hydrogens is 625 g/mol. The van der Waals surface area contributed by atoms with Gasteiger partial charge < -0.3 is 19.5 Å². The molecule has 2 N–H and O–H groups in total. The van der Waals surface area contributed by atoms with Gasteiger partial charge in [0.15, 0.2) is 13.9 Å². The van der Waals surface area contributed by atoms with Crippen LogP contribution in [0.15, 0.2) is 84.0 Å². The lowest BCUT2D eigenvalue weighted by Crippen LogP contribution is -2.45. The molecule has 1 spiro atoms. The van der Waals surface area contributed by atoms with Gasteiger partial charge in [-0.3, -0.25) is 19.3 Å². The normalized spacial score (nSPS) is 27.2. The molecule has 4 aliphatic heterocycles. The highest BCUT2D eigenvalue weighted by Gasteiger charge is 2.67. The summed E-state index contributed by atoms with van der Waals surface area (Å²) in [7, 11) is -3.03. The van der Waals surface area contributed by atoms with Crippen LogP contribution in [-0.4, -0.2) is 71.9 Å². The number of likely N-dealkylation sites (tertiary alicyclic amines) is 1. The van der Waals surface area contributed by atoms with E-state index in [4.69, 9.17) is 9.84 Å². The van der Waals surface area contributed by atoms with Gasteiger partial charge in [-0.25, -0.2) is 5.01 Å². The summed E-state index contributed by atoms with van der Waals surface area (Å²) in [6.45, 7) is 6.06. The molecule has 48 heavy (non-hydrogen) atoms. The number of para-hydroxylation sites is 1. The summed E-state index contributed by atoms with van der Waals surface area (Å²) in [5.74, 6) is -1.09. The van der Waals surface area contributed by atoms with Crippen LogP contribution in [0.4, 0.5) is 17.1 Å². The Kier molecular flexibility index (Phi) is 8.35.